The van der Waals surface area contributed by atoms with Gasteiger partial charge in [0.05, 0.1) is 16.7 Å². The summed E-state index contributed by atoms with van der Waals surface area (Å²) in [5, 5.41) is 33.3. The summed E-state index contributed by atoms with van der Waals surface area (Å²) in [5.74, 6) is 2.66. The van der Waals surface area contributed by atoms with Crippen molar-refractivity contribution in [1.29, 1.82) is 0 Å². The van der Waals surface area contributed by atoms with Crippen LogP contribution in [0.5, 0.6) is 11.5 Å². The standard InChI is InChI=1S/C57H60N4O7.C23H28N2O2.C12H10O5/c1-12-31-66-51-32-37(52(62)58(8)33-47-38-21-13-17-25-42(38)49(43-26-18-14-22-39(43)47)35-60(10)54(64)67-56(2,3)4)29-30-46(51)53(63)59(9)34-48-40-23-15-19-27-44(40)50(45-28-20-16-24-41(45)48)36-61(11)55(65)68-57(5,6)7;1-23(2,3)27-22(26)25(5)15-21-18-12-8-6-10-16(18)20(14-24-4)17-11-7-9-13-19(17)21;1-2-5-17-11-6-8(12(15)16)3-4-9(11)10(14)7-13/h1,13-30,32H,31,33-36H2,2-11H3;6-13,24H,14-15H2,1-5H3;1,3-4,6,13H,5,7H2,(H,15,16). The summed E-state index contributed by atoms with van der Waals surface area (Å²) >= 11 is 0. The molecule has 11 rings (SSSR count). The quantitative estimate of drug-likeness (QED) is 0.0263. The molecule has 0 heterocycles. The van der Waals surface area contributed by atoms with E-state index in [1.165, 1.54) is 45.3 Å². The second-order valence-corrected chi connectivity index (χ2v) is 30.3. The molecule has 580 valence electrons. The van der Waals surface area contributed by atoms with Crippen molar-refractivity contribution >= 4 is 106 Å². The molecule has 112 heavy (non-hydrogen) atoms. The van der Waals surface area contributed by atoms with E-state index in [1.54, 1.807) is 77.9 Å². The van der Waals surface area contributed by atoms with Gasteiger partial charge in [0, 0.05) is 80.1 Å². The maximum atomic E-state index is 14.5. The Kier molecular flexibility index (Phi) is 27.1. The zero-order chi connectivity index (χ0) is 81.5. The van der Waals surface area contributed by atoms with Crippen LogP contribution in [0.4, 0.5) is 14.4 Å². The van der Waals surface area contributed by atoms with Crippen molar-refractivity contribution in [3.05, 3.63) is 238 Å². The Labute approximate surface area is 654 Å². The number of aliphatic hydroxyl groups is 1. The maximum Gasteiger partial charge on any atom is 0.410 e. The minimum absolute atomic E-state index is 0.0217. The van der Waals surface area contributed by atoms with Gasteiger partial charge in [0.15, 0.2) is 5.78 Å². The van der Waals surface area contributed by atoms with Gasteiger partial charge in [0.2, 0.25) is 0 Å². The van der Waals surface area contributed by atoms with Gasteiger partial charge in [-0.1, -0.05) is 157 Å². The zero-order valence-corrected chi connectivity index (χ0v) is 66.4. The number of ketones is 1. The maximum absolute atomic E-state index is 14.5. The highest BCUT2D eigenvalue weighted by Gasteiger charge is 2.29. The van der Waals surface area contributed by atoms with E-state index < -0.39 is 47.3 Å². The lowest BCUT2D eigenvalue weighted by atomic mass is 9.91. The number of hydrogen-bond donors (Lipinski definition) is 3. The summed E-state index contributed by atoms with van der Waals surface area (Å²) in [6.45, 7) is 18.3. The number of rotatable bonds is 21. The van der Waals surface area contributed by atoms with Crippen molar-refractivity contribution in [2.24, 2.45) is 0 Å². The third-order valence-electron chi connectivity index (χ3n) is 18.4. The third kappa shape index (κ3) is 20.3. The summed E-state index contributed by atoms with van der Waals surface area (Å²) in [5.41, 5.74) is 5.16. The number of carboxylic acids is 1. The lowest BCUT2D eigenvalue weighted by Crippen LogP contribution is -2.34. The number of nitrogens with one attached hydrogen (secondary N) is 1. The Hall–Kier alpha value is -12.5. The number of carboxylic acid groups (broad SMARTS) is 1. The van der Waals surface area contributed by atoms with Crippen LogP contribution in [-0.2, 0) is 53.5 Å². The summed E-state index contributed by atoms with van der Waals surface area (Å²) in [6.07, 6.45) is 9.52. The van der Waals surface area contributed by atoms with Crippen molar-refractivity contribution in [2.75, 3.05) is 62.1 Å². The molecule has 20 heteroatoms. The number of terminal acetylenes is 2. The van der Waals surface area contributed by atoms with Crippen molar-refractivity contribution in [1.82, 2.24) is 29.8 Å². The van der Waals surface area contributed by atoms with Crippen LogP contribution in [0.25, 0.3) is 64.6 Å². The fourth-order valence-electron chi connectivity index (χ4n) is 13.4. The number of nitrogens with zero attached hydrogens (tertiary/aromatic N) is 5. The molecule has 0 saturated heterocycles. The first-order valence-electron chi connectivity index (χ1n) is 36.7. The Morgan fingerprint density at radius 1 is 0.375 bits per heavy atom. The number of fused-ring (bicyclic) bond motifs is 6. The molecule has 0 aliphatic carbocycles. The van der Waals surface area contributed by atoms with Crippen LogP contribution >= 0.6 is 0 Å². The monoisotopic (exact) mass is 1510 g/mol. The number of Topliss-reactive ketones (excluding diaryl/α,β-unsaturated/α-hetero) is 1. The number of carbonyl (C=O) groups excluding carboxylic acids is 6. The zero-order valence-electron chi connectivity index (χ0n) is 66.4. The van der Waals surface area contributed by atoms with E-state index in [0.29, 0.717) is 25.2 Å². The van der Waals surface area contributed by atoms with Gasteiger partial charge in [-0.05, 0) is 204 Å². The Bertz CT molecular complexity index is 5290. The lowest BCUT2D eigenvalue weighted by molar-refractivity contribution is 0.0276. The Morgan fingerprint density at radius 3 is 0.911 bits per heavy atom. The fraction of sp³-hybridized carbons (Fsp3) is 0.293. The molecule has 0 unspecified atom stereocenters. The highest BCUT2D eigenvalue weighted by molar-refractivity contribution is 6.10. The first-order chi connectivity index (χ1) is 53.2. The minimum atomic E-state index is -1.14. The van der Waals surface area contributed by atoms with Crippen LogP contribution in [0.3, 0.4) is 0 Å². The number of amides is 5. The van der Waals surface area contributed by atoms with E-state index in [9.17, 15) is 33.6 Å². The molecule has 20 nitrogen and oxygen atoms in total. The van der Waals surface area contributed by atoms with E-state index in [1.807, 2.05) is 166 Å². The predicted octanol–water partition coefficient (Wildman–Crippen LogP) is 17.2. The number of aliphatic hydroxyl groups excluding tert-OH is 1. The Morgan fingerprint density at radius 2 is 0.634 bits per heavy atom. The van der Waals surface area contributed by atoms with Gasteiger partial charge >= 0.3 is 24.2 Å². The van der Waals surface area contributed by atoms with Gasteiger partial charge in [-0.25, -0.2) is 19.2 Å². The van der Waals surface area contributed by atoms with Crippen LogP contribution in [0.2, 0.25) is 0 Å². The lowest BCUT2D eigenvalue weighted by Gasteiger charge is -2.27. The van der Waals surface area contributed by atoms with Gasteiger partial charge in [0.25, 0.3) is 11.8 Å². The first-order valence-corrected chi connectivity index (χ1v) is 36.7. The summed E-state index contributed by atoms with van der Waals surface area (Å²) in [7, 11) is 10.7. The SMILES string of the molecule is C#CCOc1cc(C(=O)N(C)Cc2c3ccccc3c(CN(C)C(=O)OC(C)(C)C)c3ccccc23)ccc1C(=O)N(C)Cc1c2ccccc2c(CN(C)C(=O)OC(C)(C)C)c2ccccc12.C#CCOc1cc(C(=O)O)ccc1C(=O)CO.CNCc1c2ccccc2c(CN(C)C(=O)OC(C)(C)C)c2ccccc12. The average Bonchev–Trinajstić information content (AvgIpc) is 0.762. The molecule has 3 N–H and O–H groups in total. The molecule has 0 aromatic heterocycles. The summed E-state index contributed by atoms with van der Waals surface area (Å²) < 4.78 is 28.0. The molecule has 0 radical (unpaired) electrons. The van der Waals surface area contributed by atoms with E-state index >= 15 is 0 Å². The normalized spacial score (nSPS) is 11.3. The predicted molar refractivity (Wildman–Crippen MR) is 442 cm³/mol. The average molecular weight is 1510 g/mol. The van der Waals surface area contributed by atoms with Gasteiger partial charge in [0.1, 0.15) is 48.1 Å². The van der Waals surface area contributed by atoms with Gasteiger partial charge < -0.3 is 63.7 Å². The van der Waals surface area contributed by atoms with Crippen molar-refractivity contribution in [3.8, 4) is 36.2 Å². The molecule has 11 aromatic carbocycles. The Balaban J connectivity index is 0.000000264. The fourth-order valence-corrected chi connectivity index (χ4v) is 13.4. The molecule has 11 aromatic rings. The largest absolute Gasteiger partial charge is 0.480 e. The molecular weight excluding hydrogens is 1410 g/mol. The molecule has 0 bridgehead atoms. The van der Waals surface area contributed by atoms with Crippen LogP contribution < -0.4 is 14.8 Å². The first kappa shape index (κ1) is 83.5. The number of carbonyl (C=O) groups is 7. The van der Waals surface area contributed by atoms with E-state index in [0.717, 1.165) is 77.5 Å². The van der Waals surface area contributed by atoms with Crippen molar-refractivity contribution < 1.29 is 67.5 Å². The number of hydrogen-bond acceptors (Lipinski definition) is 14. The second-order valence-electron chi connectivity index (χ2n) is 30.3. The molecule has 0 spiro atoms. The number of aromatic carboxylic acids is 1. The molecule has 5 amide bonds. The van der Waals surface area contributed by atoms with Crippen LogP contribution in [0.1, 0.15) is 137 Å². The van der Waals surface area contributed by atoms with Gasteiger partial charge in [-0.2, -0.15) is 0 Å². The van der Waals surface area contributed by atoms with Gasteiger partial charge in [-0.3, -0.25) is 14.4 Å². The molecule has 0 saturated carbocycles. The molecular formula is C92H98N6O14. The second kappa shape index (κ2) is 36.4. The minimum Gasteiger partial charge on any atom is -0.480 e. The van der Waals surface area contributed by atoms with Crippen LogP contribution in [-0.4, -0.2) is 155 Å². The van der Waals surface area contributed by atoms with E-state index in [-0.39, 0.29) is 72.4 Å². The van der Waals surface area contributed by atoms with Crippen molar-refractivity contribution in [3.63, 3.8) is 0 Å². The molecule has 0 fully saturated rings. The molecule has 0 aliphatic rings. The third-order valence-corrected chi connectivity index (χ3v) is 18.4. The number of ether oxygens (including phenoxy) is 5. The van der Waals surface area contributed by atoms with Crippen molar-refractivity contribution in [2.45, 2.75) is 118 Å². The smallest absolute Gasteiger partial charge is 0.410 e. The van der Waals surface area contributed by atoms with E-state index in [2.05, 4.69) is 65.7 Å². The highest BCUT2D eigenvalue weighted by Crippen LogP contribution is 2.39. The summed E-state index contributed by atoms with van der Waals surface area (Å²) in [6, 6.07) is 57.5. The van der Waals surface area contributed by atoms with Crippen LogP contribution in [0.15, 0.2) is 182 Å². The number of benzene rings is 11. The van der Waals surface area contributed by atoms with Gasteiger partial charge in [-0.15, -0.1) is 12.8 Å². The highest BCUT2D eigenvalue weighted by atomic mass is 16.6. The summed E-state index contributed by atoms with van der Waals surface area (Å²) in [4.78, 5) is 97.8. The van der Waals surface area contributed by atoms with E-state index in [4.69, 9.17) is 46.7 Å². The molecule has 0 aliphatic heterocycles. The topological polar surface area (TPSA) is 234 Å². The van der Waals surface area contributed by atoms with Crippen LogP contribution in [0, 0.1) is 24.7 Å². The molecule has 0 atom stereocenters.